The summed E-state index contributed by atoms with van der Waals surface area (Å²) in [4.78, 5) is 43.1. The van der Waals surface area contributed by atoms with Crippen molar-refractivity contribution in [3.8, 4) is 0 Å². The van der Waals surface area contributed by atoms with Gasteiger partial charge in [0, 0.05) is 30.4 Å². The fourth-order valence-corrected chi connectivity index (χ4v) is 5.33. The van der Waals surface area contributed by atoms with Gasteiger partial charge in [-0.25, -0.2) is 9.69 Å². The third kappa shape index (κ3) is 3.30. The van der Waals surface area contributed by atoms with E-state index in [1.165, 1.54) is 25.7 Å². The topological polar surface area (TPSA) is 60.9 Å². The molecule has 2 saturated heterocycles. The molecule has 140 valence electrons. The van der Waals surface area contributed by atoms with Gasteiger partial charge in [0.1, 0.15) is 0 Å². The fraction of sp³-hybridized carbons (Fsp3) is 0.632. The first-order valence-corrected chi connectivity index (χ1v) is 10.5. The molecule has 7 heteroatoms. The Morgan fingerprint density at radius 1 is 1.00 bits per heavy atom. The number of thiophene rings is 1. The van der Waals surface area contributed by atoms with Crippen molar-refractivity contribution in [2.75, 3.05) is 19.8 Å². The molecule has 3 fully saturated rings. The van der Waals surface area contributed by atoms with Crippen LogP contribution in [0, 0.1) is 5.92 Å². The average Bonchev–Trinajstić information content (AvgIpc) is 3.24. The van der Waals surface area contributed by atoms with Crippen LogP contribution in [-0.4, -0.2) is 58.3 Å². The molecule has 0 unspecified atom stereocenters. The second-order valence-corrected chi connectivity index (χ2v) is 8.54. The van der Waals surface area contributed by atoms with Crippen LogP contribution in [0.15, 0.2) is 17.5 Å². The van der Waals surface area contributed by atoms with E-state index in [1.807, 2.05) is 17.5 Å². The monoisotopic (exact) mass is 375 g/mol. The van der Waals surface area contributed by atoms with E-state index in [1.54, 1.807) is 11.3 Å². The van der Waals surface area contributed by atoms with Gasteiger partial charge < -0.3 is 0 Å². The van der Waals surface area contributed by atoms with Gasteiger partial charge in [-0.3, -0.25) is 19.4 Å². The number of likely N-dealkylation sites (tertiary alicyclic amines) is 1. The summed E-state index contributed by atoms with van der Waals surface area (Å²) in [7, 11) is 0. The summed E-state index contributed by atoms with van der Waals surface area (Å²) in [5.74, 6) is -0.668. The van der Waals surface area contributed by atoms with Crippen LogP contribution in [0.4, 0.5) is 4.79 Å². The van der Waals surface area contributed by atoms with Crippen molar-refractivity contribution >= 4 is 29.2 Å². The predicted octanol–water partition coefficient (Wildman–Crippen LogP) is 2.69. The number of hydrogen-bond acceptors (Lipinski definition) is 5. The number of nitrogens with zero attached hydrogens (tertiary/aromatic N) is 3. The summed E-state index contributed by atoms with van der Waals surface area (Å²) >= 11 is 1.60. The summed E-state index contributed by atoms with van der Waals surface area (Å²) in [5.41, 5.74) is 0. The van der Waals surface area contributed by atoms with E-state index in [-0.39, 0.29) is 13.2 Å². The Balaban J connectivity index is 1.42. The van der Waals surface area contributed by atoms with Crippen molar-refractivity contribution in [3.05, 3.63) is 22.4 Å². The number of piperidine rings is 1. The minimum absolute atomic E-state index is 0.264. The molecule has 6 nitrogen and oxygen atoms in total. The zero-order chi connectivity index (χ0) is 18.1. The Morgan fingerprint density at radius 3 is 2.58 bits per heavy atom. The van der Waals surface area contributed by atoms with Gasteiger partial charge in [-0.1, -0.05) is 18.9 Å². The van der Waals surface area contributed by atoms with E-state index in [2.05, 4.69) is 4.90 Å². The third-order valence-electron chi connectivity index (χ3n) is 5.98. The highest BCUT2D eigenvalue weighted by Gasteiger charge is 2.46. The van der Waals surface area contributed by atoms with E-state index in [4.69, 9.17) is 0 Å². The molecule has 0 N–H and O–H groups in total. The first-order valence-electron chi connectivity index (χ1n) is 9.59. The van der Waals surface area contributed by atoms with Gasteiger partial charge in [0.15, 0.2) is 0 Å². The van der Waals surface area contributed by atoms with E-state index < -0.39 is 17.8 Å². The molecule has 1 saturated carbocycles. The molecule has 0 bridgehead atoms. The number of hydrogen-bond donors (Lipinski definition) is 0. The van der Waals surface area contributed by atoms with Crippen molar-refractivity contribution in [1.82, 2.24) is 14.7 Å². The lowest BCUT2D eigenvalue weighted by Crippen LogP contribution is -2.52. The molecule has 2 aliphatic heterocycles. The molecule has 3 heterocycles. The minimum Gasteiger partial charge on any atom is -0.282 e. The Hall–Kier alpha value is -1.73. The molecule has 1 aromatic heterocycles. The second kappa shape index (κ2) is 7.48. The summed E-state index contributed by atoms with van der Waals surface area (Å²) in [6.45, 7) is 1.44. The second-order valence-electron chi connectivity index (χ2n) is 7.51. The molecule has 0 radical (unpaired) electrons. The summed E-state index contributed by atoms with van der Waals surface area (Å²) in [6, 6.07) is 3.93. The minimum atomic E-state index is -0.677. The van der Waals surface area contributed by atoms with Crippen LogP contribution < -0.4 is 0 Å². The van der Waals surface area contributed by atoms with Crippen LogP contribution in [0.1, 0.15) is 43.4 Å². The maximum Gasteiger partial charge on any atom is 0.335 e. The van der Waals surface area contributed by atoms with Crippen molar-refractivity contribution < 1.29 is 14.4 Å². The number of imide groups is 2. The number of amides is 4. The molecular formula is C19H25N3O3S. The molecular weight excluding hydrogens is 350 g/mol. The average molecular weight is 375 g/mol. The van der Waals surface area contributed by atoms with Crippen LogP contribution in [-0.2, 0) is 16.0 Å². The van der Waals surface area contributed by atoms with Gasteiger partial charge in [0.2, 0.25) is 0 Å². The van der Waals surface area contributed by atoms with Crippen molar-refractivity contribution in [1.29, 1.82) is 0 Å². The summed E-state index contributed by atoms with van der Waals surface area (Å²) in [6.07, 6.45) is 7.83. The van der Waals surface area contributed by atoms with Crippen LogP contribution in [0.5, 0.6) is 0 Å². The largest absolute Gasteiger partial charge is 0.335 e. The van der Waals surface area contributed by atoms with Gasteiger partial charge in [-0.15, -0.1) is 11.3 Å². The molecule has 1 aromatic rings. The highest BCUT2D eigenvalue weighted by atomic mass is 32.1. The third-order valence-corrected chi connectivity index (χ3v) is 6.91. The lowest BCUT2D eigenvalue weighted by atomic mass is 9.78. The van der Waals surface area contributed by atoms with Gasteiger partial charge in [0.05, 0.1) is 6.67 Å². The Kier molecular flexibility index (Phi) is 5.09. The maximum absolute atomic E-state index is 12.7. The standard InChI is InChI=1S/C19H25N3O3S/c23-17-18(24)22(19(25)21(17)11-9-15-7-4-12-26-15)13-20-10-3-6-14-5-1-2-8-16(14)20/h4,7,12,14,16H,1-3,5-6,8-11,13H2/t14-,16-/m0/s1. The van der Waals surface area contributed by atoms with Crippen molar-refractivity contribution in [2.45, 2.75) is 51.0 Å². The molecule has 0 spiro atoms. The van der Waals surface area contributed by atoms with Crippen molar-refractivity contribution in [2.24, 2.45) is 5.92 Å². The van der Waals surface area contributed by atoms with E-state index >= 15 is 0 Å². The maximum atomic E-state index is 12.7. The molecule has 0 aromatic carbocycles. The fourth-order valence-electron chi connectivity index (χ4n) is 4.63. The van der Waals surface area contributed by atoms with E-state index in [0.29, 0.717) is 18.4 Å². The van der Waals surface area contributed by atoms with Crippen LogP contribution in [0.2, 0.25) is 0 Å². The summed E-state index contributed by atoms with van der Waals surface area (Å²) < 4.78 is 0. The van der Waals surface area contributed by atoms with Crippen molar-refractivity contribution in [3.63, 3.8) is 0 Å². The lowest BCUT2D eigenvalue weighted by molar-refractivity contribution is -0.144. The van der Waals surface area contributed by atoms with Gasteiger partial charge >= 0.3 is 17.8 Å². The first-order chi connectivity index (χ1) is 12.6. The first kappa shape index (κ1) is 17.7. The Labute approximate surface area is 157 Å². The zero-order valence-corrected chi connectivity index (χ0v) is 15.7. The van der Waals surface area contributed by atoms with Gasteiger partial charge in [-0.2, -0.15) is 0 Å². The molecule has 3 aliphatic rings. The van der Waals surface area contributed by atoms with Crippen LogP contribution >= 0.6 is 11.3 Å². The lowest BCUT2D eigenvalue weighted by Gasteiger charge is -2.44. The predicted molar refractivity (Wildman–Crippen MR) is 98.5 cm³/mol. The highest BCUT2D eigenvalue weighted by molar-refractivity contribution is 7.09. The molecule has 2 atom stereocenters. The smallest absolute Gasteiger partial charge is 0.282 e. The number of carbonyl (C=O) groups excluding carboxylic acids is 3. The van der Waals surface area contributed by atoms with Gasteiger partial charge in [0.25, 0.3) is 0 Å². The number of fused-ring (bicyclic) bond motifs is 1. The van der Waals surface area contributed by atoms with Crippen LogP contribution in [0.25, 0.3) is 0 Å². The molecule has 1 aliphatic carbocycles. The van der Waals surface area contributed by atoms with Crippen LogP contribution in [0.3, 0.4) is 0 Å². The summed E-state index contributed by atoms with van der Waals surface area (Å²) in [5, 5.41) is 1.97. The SMILES string of the molecule is O=C1C(=O)N(CN2CCC[C@@H]3CCCC[C@@H]32)C(=O)N1CCc1cccs1. The highest BCUT2D eigenvalue weighted by Crippen LogP contribution is 2.35. The molecule has 26 heavy (non-hydrogen) atoms. The van der Waals surface area contributed by atoms with E-state index in [9.17, 15) is 14.4 Å². The number of carbonyl (C=O) groups is 3. The Bertz CT molecular complexity index is 688. The van der Waals surface area contributed by atoms with Gasteiger partial charge in [-0.05, 0) is 43.0 Å². The number of rotatable bonds is 5. The number of urea groups is 1. The Morgan fingerprint density at radius 2 is 1.77 bits per heavy atom. The normalized spacial score (nSPS) is 27.3. The molecule has 4 rings (SSSR count). The quantitative estimate of drug-likeness (QED) is 0.586. The van der Waals surface area contributed by atoms with E-state index in [0.717, 1.165) is 34.1 Å². The molecule has 4 amide bonds. The zero-order valence-electron chi connectivity index (χ0n) is 14.9.